The number of aromatic nitrogens is 3. The summed E-state index contributed by atoms with van der Waals surface area (Å²) in [6, 6.07) is 14.6. The largest absolute Gasteiger partial charge is 0.508 e. The van der Waals surface area contributed by atoms with Gasteiger partial charge >= 0.3 is 6.18 Å². The van der Waals surface area contributed by atoms with Gasteiger partial charge in [-0.2, -0.15) is 13.2 Å². The molecule has 28 heavy (non-hydrogen) atoms. The normalized spacial score (nSPS) is 11.5. The summed E-state index contributed by atoms with van der Waals surface area (Å²) in [6.45, 7) is 0. The summed E-state index contributed by atoms with van der Waals surface area (Å²) in [6.07, 6.45) is -2.76. The van der Waals surface area contributed by atoms with Crippen LogP contribution in [0.1, 0.15) is 5.56 Å². The number of halogens is 3. The van der Waals surface area contributed by atoms with E-state index in [1.807, 2.05) is 0 Å². The highest BCUT2D eigenvalue weighted by Crippen LogP contribution is 2.30. The molecule has 0 saturated heterocycles. The van der Waals surface area contributed by atoms with E-state index in [1.54, 1.807) is 42.6 Å². The van der Waals surface area contributed by atoms with Gasteiger partial charge in [-0.3, -0.25) is 4.98 Å². The Labute approximate surface area is 157 Å². The number of hydrogen-bond donors (Lipinski definition) is 2. The maximum Gasteiger partial charge on any atom is 0.416 e. The zero-order valence-electron chi connectivity index (χ0n) is 14.3. The fourth-order valence-corrected chi connectivity index (χ4v) is 2.63. The van der Waals surface area contributed by atoms with Gasteiger partial charge in [0.25, 0.3) is 0 Å². The predicted octanol–water partition coefficient (Wildman–Crippen LogP) is 5.16. The number of rotatable bonds is 3. The van der Waals surface area contributed by atoms with Crippen LogP contribution >= 0.6 is 0 Å². The Balaban J connectivity index is 1.62. The number of hydrogen-bond acceptors (Lipinski definition) is 5. The third kappa shape index (κ3) is 3.71. The van der Waals surface area contributed by atoms with Gasteiger partial charge < -0.3 is 10.4 Å². The zero-order valence-corrected chi connectivity index (χ0v) is 14.3. The molecule has 5 nitrogen and oxygen atoms in total. The lowest BCUT2D eigenvalue weighted by atomic mass is 10.1. The lowest BCUT2D eigenvalue weighted by Gasteiger charge is -2.09. The molecule has 4 rings (SSSR count). The first-order valence-electron chi connectivity index (χ1n) is 8.26. The fraction of sp³-hybridized carbons (Fsp3) is 0.0500. The number of alkyl halides is 3. The summed E-state index contributed by atoms with van der Waals surface area (Å²) in [5.74, 6) is 0.586. The van der Waals surface area contributed by atoms with Crippen LogP contribution in [0.4, 0.5) is 24.7 Å². The molecule has 140 valence electrons. The van der Waals surface area contributed by atoms with Crippen molar-refractivity contribution in [2.24, 2.45) is 0 Å². The third-order valence-electron chi connectivity index (χ3n) is 4.05. The van der Waals surface area contributed by atoms with Crippen molar-refractivity contribution in [3.8, 4) is 17.0 Å². The number of anilines is 2. The summed E-state index contributed by atoms with van der Waals surface area (Å²) < 4.78 is 38.0. The van der Waals surface area contributed by atoms with Gasteiger partial charge in [0.15, 0.2) is 5.65 Å². The summed E-state index contributed by atoms with van der Waals surface area (Å²) in [5.41, 5.74) is 2.10. The average Bonchev–Trinajstić information content (AvgIpc) is 2.68. The number of phenols is 1. The Morgan fingerprint density at radius 3 is 2.21 bits per heavy atom. The van der Waals surface area contributed by atoms with Gasteiger partial charge in [0.05, 0.1) is 17.5 Å². The molecule has 4 aromatic rings. The van der Waals surface area contributed by atoms with Crippen molar-refractivity contribution >= 4 is 22.7 Å². The highest BCUT2D eigenvalue weighted by Gasteiger charge is 2.29. The summed E-state index contributed by atoms with van der Waals surface area (Å²) in [4.78, 5) is 13.2. The molecule has 8 heteroatoms. The summed E-state index contributed by atoms with van der Waals surface area (Å²) >= 11 is 0. The molecule has 2 aromatic heterocycles. The van der Waals surface area contributed by atoms with E-state index in [1.165, 1.54) is 12.1 Å². The molecule has 0 bridgehead atoms. The second-order valence-corrected chi connectivity index (χ2v) is 6.04. The van der Waals surface area contributed by atoms with Crippen molar-refractivity contribution < 1.29 is 18.3 Å². The smallest absolute Gasteiger partial charge is 0.416 e. The molecule has 0 unspecified atom stereocenters. The Kier molecular flexibility index (Phi) is 4.31. The molecule has 0 saturated carbocycles. The van der Waals surface area contributed by atoms with Crippen LogP contribution in [0.15, 0.2) is 66.9 Å². The van der Waals surface area contributed by atoms with E-state index in [0.717, 1.165) is 17.7 Å². The number of nitrogens with zero attached hydrogens (tertiary/aromatic N) is 3. The minimum absolute atomic E-state index is 0.152. The molecule has 0 aliphatic heterocycles. The van der Waals surface area contributed by atoms with Crippen LogP contribution in [-0.2, 0) is 6.18 Å². The standard InChI is InChI=1S/C20H13F3N4O/c21-20(22,23)13-3-5-14(6-4-13)25-18-10-9-16-19(27-18)26-17(11-24-16)12-1-7-15(28)8-2-12/h1-11,28H,(H,25,26,27). The van der Waals surface area contributed by atoms with Crippen LogP contribution in [0.25, 0.3) is 22.4 Å². The van der Waals surface area contributed by atoms with Crippen molar-refractivity contribution in [3.05, 3.63) is 72.4 Å². The zero-order chi connectivity index (χ0) is 19.7. The van der Waals surface area contributed by atoms with E-state index in [-0.39, 0.29) is 5.75 Å². The fourth-order valence-electron chi connectivity index (χ4n) is 2.63. The van der Waals surface area contributed by atoms with Crippen LogP contribution < -0.4 is 5.32 Å². The van der Waals surface area contributed by atoms with Gasteiger partial charge in [-0.15, -0.1) is 0 Å². The first kappa shape index (κ1) is 17.7. The molecule has 0 radical (unpaired) electrons. The lowest BCUT2D eigenvalue weighted by molar-refractivity contribution is -0.137. The Hall–Kier alpha value is -3.68. The monoisotopic (exact) mass is 382 g/mol. The van der Waals surface area contributed by atoms with Crippen LogP contribution in [0, 0.1) is 0 Å². The second-order valence-electron chi connectivity index (χ2n) is 6.04. The molecule has 0 aliphatic carbocycles. The van der Waals surface area contributed by atoms with Crippen molar-refractivity contribution in [1.82, 2.24) is 15.0 Å². The molecule has 0 amide bonds. The maximum absolute atomic E-state index is 12.7. The number of fused-ring (bicyclic) bond motifs is 1. The van der Waals surface area contributed by atoms with Gasteiger partial charge in [-0.1, -0.05) is 0 Å². The highest BCUT2D eigenvalue weighted by atomic mass is 19.4. The van der Waals surface area contributed by atoms with E-state index in [9.17, 15) is 18.3 Å². The molecule has 0 fully saturated rings. The van der Waals surface area contributed by atoms with E-state index >= 15 is 0 Å². The molecule has 0 spiro atoms. The Morgan fingerprint density at radius 2 is 1.54 bits per heavy atom. The van der Waals surface area contributed by atoms with E-state index < -0.39 is 11.7 Å². The van der Waals surface area contributed by atoms with Crippen molar-refractivity contribution in [3.63, 3.8) is 0 Å². The SMILES string of the molecule is Oc1ccc(-c2cnc3ccc(Nc4ccc(C(F)(F)F)cc4)nc3n2)cc1. The maximum atomic E-state index is 12.7. The highest BCUT2D eigenvalue weighted by molar-refractivity contribution is 5.76. The number of nitrogens with one attached hydrogen (secondary N) is 1. The molecule has 0 atom stereocenters. The molecule has 0 aliphatic rings. The van der Waals surface area contributed by atoms with Gasteiger partial charge in [0.2, 0.25) is 0 Å². The molecule has 2 aromatic carbocycles. The van der Waals surface area contributed by atoms with Gasteiger partial charge in [0, 0.05) is 11.3 Å². The Morgan fingerprint density at radius 1 is 0.821 bits per heavy atom. The van der Waals surface area contributed by atoms with E-state index in [4.69, 9.17) is 0 Å². The third-order valence-corrected chi connectivity index (χ3v) is 4.05. The quantitative estimate of drug-likeness (QED) is 0.512. The van der Waals surface area contributed by atoms with Crippen LogP contribution in [0.5, 0.6) is 5.75 Å². The number of aromatic hydroxyl groups is 1. The van der Waals surface area contributed by atoms with Gasteiger partial charge in [0.1, 0.15) is 17.1 Å². The first-order valence-corrected chi connectivity index (χ1v) is 8.26. The lowest BCUT2D eigenvalue weighted by Crippen LogP contribution is -2.04. The van der Waals surface area contributed by atoms with Crippen molar-refractivity contribution in [1.29, 1.82) is 0 Å². The number of benzene rings is 2. The van der Waals surface area contributed by atoms with E-state index in [2.05, 4.69) is 20.3 Å². The average molecular weight is 382 g/mol. The summed E-state index contributed by atoms with van der Waals surface area (Å²) in [5, 5.41) is 12.4. The first-order chi connectivity index (χ1) is 13.4. The number of phenolic OH excluding ortho intramolecular Hbond substituents is 1. The van der Waals surface area contributed by atoms with Crippen LogP contribution in [0.3, 0.4) is 0 Å². The van der Waals surface area contributed by atoms with E-state index in [0.29, 0.717) is 28.4 Å². The van der Waals surface area contributed by atoms with Crippen molar-refractivity contribution in [2.75, 3.05) is 5.32 Å². The van der Waals surface area contributed by atoms with Gasteiger partial charge in [-0.25, -0.2) is 9.97 Å². The Bertz CT molecular complexity index is 1130. The summed E-state index contributed by atoms with van der Waals surface area (Å²) in [7, 11) is 0. The number of pyridine rings is 1. The molecule has 2 heterocycles. The molecular formula is C20H13F3N4O. The van der Waals surface area contributed by atoms with Crippen molar-refractivity contribution in [2.45, 2.75) is 6.18 Å². The molecular weight excluding hydrogens is 369 g/mol. The molecule has 2 N–H and O–H groups in total. The van der Waals surface area contributed by atoms with Crippen LogP contribution in [0.2, 0.25) is 0 Å². The predicted molar refractivity (Wildman–Crippen MR) is 99.2 cm³/mol. The minimum Gasteiger partial charge on any atom is -0.508 e. The topological polar surface area (TPSA) is 70.9 Å². The second kappa shape index (κ2) is 6.80. The van der Waals surface area contributed by atoms with Gasteiger partial charge in [-0.05, 0) is 60.7 Å². The van der Waals surface area contributed by atoms with Crippen LogP contribution in [-0.4, -0.2) is 20.1 Å². The minimum atomic E-state index is -4.38.